The molecule has 0 aliphatic rings. The van der Waals surface area contributed by atoms with E-state index in [1.165, 1.54) is 14.2 Å². The first-order valence-electron chi connectivity index (χ1n) is 10.2. The molecular weight excluding hydrogens is 412 g/mol. The average Bonchev–Trinajstić information content (AvgIpc) is 2.82. The molecule has 0 bridgehead atoms. The van der Waals surface area contributed by atoms with Gasteiger partial charge in [0.15, 0.2) is 0 Å². The number of nitrogens with one attached hydrogen (secondary N) is 1. The number of nitrogens with zero attached hydrogens (tertiary/aromatic N) is 3. The third kappa shape index (κ3) is 4.88. The standard InChI is InChI=1S/C23H26N4O5/c1-5-15(2)24-21(28)20-22(29)26(14-16-7-6-8-19(13-16)32-4)23(30)27(25-20)17-9-11-18(31-3)12-10-17/h6-13,15H,5,14H2,1-4H3,(H,24,28)/t15-/m0/s1. The lowest BCUT2D eigenvalue weighted by molar-refractivity contribution is 0.0929. The van der Waals surface area contributed by atoms with E-state index in [-0.39, 0.29) is 18.3 Å². The monoisotopic (exact) mass is 438 g/mol. The van der Waals surface area contributed by atoms with E-state index in [9.17, 15) is 14.4 Å². The third-order valence-corrected chi connectivity index (χ3v) is 5.06. The van der Waals surface area contributed by atoms with E-state index >= 15 is 0 Å². The Bertz CT molecular complexity index is 1210. The Labute approximate surface area is 185 Å². The third-order valence-electron chi connectivity index (χ3n) is 5.06. The van der Waals surface area contributed by atoms with Gasteiger partial charge in [-0.15, -0.1) is 0 Å². The maximum atomic E-state index is 13.2. The van der Waals surface area contributed by atoms with E-state index in [2.05, 4.69) is 10.4 Å². The molecule has 32 heavy (non-hydrogen) atoms. The van der Waals surface area contributed by atoms with E-state index in [0.29, 0.717) is 29.2 Å². The fourth-order valence-corrected chi connectivity index (χ4v) is 3.04. The smallest absolute Gasteiger partial charge is 0.352 e. The van der Waals surface area contributed by atoms with Gasteiger partial charge in [-0.05, 0) is 55.3 Å². The molecule has 1 heterocycles. The summed E-state index contributed by atoms with van der Waals surface area (Å²) in [4.78, 5) is 39.1. The summed E-state index contributed by atoms with van der Waals surface area (Å²) in [5, 5.41) is 6.86. The van der Waals surface area contributed by atoms with E-state index in [1.807, 2.05) is 13.8 Å². The quantitative estimate of drug-likeness (QED) is 0.577. The normalized spacial score (nSPS) is 11.6. The van der Waals surface area contributed by atoms with Crippen molar-refractivity contribution in [2.75, 3.05) is 14.2 Å². The van der Waals surface area contributed by atoms with Crippen molar-refractivity contribution in [1.82, 2.24) is 19.7 Å². The van der Waals surface area contributed by atoms with Gasteiger partial charge in [0.05, 0.1) is 26.5 Å². The lowest BCUT2D eigenvalue weighted by atomic mass is 10.2. The van der Waals surface area contributed by atoms with Gasteiger partial charge >= 0.3 is 5.69 Å². The first-order chi connectivity index (χ1) is 15.4. The zero-order valence-electron chi connectivity index (χ0n) is 18.5. The second kappa shape index (κ2) is 9.95. The lowest BCUT2D eigenvalue weighted by Crippen LogP contribution is -2.47. The number of hydrogen-bond donors (Lipinski definition) is 1. The second-order valence-corrected chi connectivity index (χ2v) is 7.27. The summed E-state index contributed by atoms with van der Waals surface area (Å²) in [6.07, 6.45) is 0.682. The van der Waals surface area contributed by atoms with Crippen molar-refractivity contribution in [3.8, 4) is 17.2 Å². The largest absolute Gasteiger partial charge is 0.497 e. The SMILES string of the molecule is CC[C@H](C)NC(=O)c1nn(-c2ccc(OC)cc2)c(=O)n(Cc2cccc(OC)c2)c1=O. The predicted molar refractivity (Wildman–Crippen MR) is 120 cm³/mol. The molecule has 168 valence electrons. The van der Waals surface area contributed by atoms with Crippen molar-refractivity contribution in [3.05, 3.63) is 80.6 Å². The zero-order chi connectivity index (χ0) is 23.3. The van der Waals surface area contributed by atoms with Crippen LogP contribution in [0.25, 0.3) is 5.69 Å². The fraction of sp³-hybridized carbons (Fsp3) is 0.304. The highest BCUT2D eigenvalue weighted by molar-refractivity contribution is 5.91. The van der Waals surface area contributed by atoms with Crippen LogP contribution in [0, 0.1) is 0 Å². The molecule has 0 aliphatic carbocycles. The summed E-state index contributed by atoms with van der Waals surface area (Å²) in [6, 6.07) is 13.5. The van der Waals surface area contributed by atoms with Crippen molar-refractivity contribution >= 4 is 5.91 Å². The first-order valence-corrected chi connectivity index (χ1v) is 10.2. The number of aromatic nitrogens is 3. The number of ether oxygens (including phenoxy) is 2. The van der Waals surface area contributed by atoms with Crippen molar-refractivity contribution in [2.45, 2.75) is 32.9 Å². The van der Waals surface area contributed by atoms with Crippen molar-refractivity contribution in [2.24, 2.45) is 0 Å². The summed E-state index contributed by atoms with van der Waals surface area (Å²) < 4.78 is 12.4. The minimum atomic E-state index is -0.761. The summed E-state index contributed by atoms with van der Waals surface area (Å²) in [7, 11) is 3.07. The van der Waals surface area contributed by atoms with Crippen molar-refractivity contribution in [3.63, 3.8) is 0 Å². The minimum absolute atomic E-state index is 0.0445. The molecule has 1 N–H and O–H groups in total. The zero-order valence-corrected chi connectivity index (χ0v) is 18.5. The Morgan fingerprint density at radius 2 is 1.75 bits per heavy atom. The maximum absolute atomic E-state index is 13.2. The summed E-state index contributed by atoms with van der Waals surface area (Å²) >= 11 is 0. The molecule has 0 saturated heterocycles. The van der Waals surface area contributed by atoms with Gasteiger partial charge in [-0.1, -0.05) is 19.1 Å². The number of amides is 1. The molecule has 0 radical (unpaired) electrons. The summed E-state index contributed by atoms with van der Waals surface area (Å²) in [5.41, 5.74) is -0.716. The molecule has 0 spiro atoms. The van der Waals surface area contributed by atoms with Gasteiger partial charge < -0.3 is 14.8 Å². The van der Waals surface area contributed by atoms with Gasteiger partial charge in [-0.3, -0.25) is 14.2 Å². The molecular formula is C23H26N4O5. The lowest BCUT2D eigenvalue weighted by Gasteiger charge is -2.14. The van der Waals surface area contributed by atoms with E-state index in [1.54, 1.807) is 48.5 Å². The van der Waals surface area contributed by atoms with E-state index in [4.69, 9.17) is 9.47 Å². The molecule has 0 unspecified atom stereocenters. The van der Waals surface area contributed by atoms with Crippen LogP contribution < -0.4 is 26.0 Å². The Hall–Kier alpha value is -3.88. The molecule has 3 rings (SSSR count). The maximum Gasteiger partial charge on any atom is 0.352 e. The molecule has 2 aromatic carbocycles. The van der Waals surface area contributed by atoms with Crippen LogP contribution in [0.5, 0.6) is 11.5 Å². The number of carbonyl (C=O) groups is 1. The second-order valence-electron chi connectivity index (χ2n) is 7.27. The highest BCUT2D eigenvalue weighted by Gasteiger charge is 2.21. The van der Waals surface area contributed by atoms with E-state index < -0.39 is 17.2 Å². The molecule has 9 heteroatoms. The molecule has 1 amide bonds. The minimum Gasteiger partial charge on any atom is -0.497 e. The first kappa shape index (κ1) is 22.8. The average molecular weight is 438 g/mol. The van der Waals surface area contributed by atoms with Crippen LogP contribution in [0.2, 0.25) is 0 Å². The summed E-state index contributed by atoms with van der Waals surface area (Å²) in [5.74, 6) is 0.557. The van der Waals surface area contributed by atoms with Crippen LogP contribution in [0.15, 0.2) is 58.1 Å². The highest BCUT2D eigenvalue weighted by Crippen LogP contribution is 2.14. The van der Waals surface area contributed by atoms with Crippen molar-refractivity contribution in [1.29, 1.82) is 0 Å². The Kier molecular flexibility index (Phi) is 7.09. The molecule has 0 fully saturated rings. The van der Waals surface area contributed by atoms with Crippen LogP contribution in [-0.4, -0.2) is 40.5 Å². The van der Waals surface area contributed by atoms with Crippen LogP contribution >= 0.6 is 0 Å². The van der Waals surface area contributed by atoms with Gasteiger partial charge in [-0.2, -0.15) is 9.78 Å². The molecule has 1 atom stereocenters. The topological polar surface area (TPSA) is 104 Å². The number of carbonyl (C=O) groups excluding carboxylic acids is 1. The van der Waals surface area contributed by atoms with Gasteiger partial charge in [0.1, 0.15) is 11.5 Å². The molecule has 1 aromatic heterocycles. The molecule has 3 aromatic rings. The van der Waals surface area contributed by atoms with Gasteiger partial charge in [0.25, 0.3) is 11.5 Å². The van der Waals surface area contributed by atoms with Gasteiger partial charge in [-0.25, -0.2) is 4.79 Å². The number of hydrogen-bond acceptors (Lipinski definition) is 6. The van der Waals surface area contributed by atoms with Gasteiger partial charge in [0.2, 0.25) is 5.69 Å². The Morgan fingerprint density at radius 3 is 2.38 bits per heavy atom. The van der Waals surface area contributed by atoms with E-state index in [0.717, 1.165) is 9.25 Å². The summed E-state index contributed by atoms with van der Waals surface area (Å²) in [6.45, 7) is 3.70. The van der Waals surface area contributed by atoms with Crippen LogP contribution in [0.3, 0.4) is 0 Å². The highest BCUT2D eigenvalue weighted by atomic mass is 16.5. The molecule has 9 nitrogen and oxygen atoms in total. The van der Waals surface area contributed by atoms with Crippen molar-refractivity contribution < 1.29 is 14.3 Å². The molecule has 0 saturated carbocycles. The number of benzene rings is 2. The number of rotatable bonds is 8. The predicted octanol–water partition coefficient (Wildman–Crippen LogP) is 1.99. The van der Waals surface area contributed by atoms with Crippen LogP contribution in [0.1, 0.15) is 36.3 Å². The molecule has 0 aliphatic heterocycles. The Morgan fingerprint density at radius 1 is 1.06 bits per heavy atom. The fourth-order valence-electron chi connectivity index (χ4n) is 3.04. The number of methoxy groups -OCH3 is 2. The van der Waals surface area contributed by atoms with Crippen LogP contribution in [0.4, 0.5) is 0 Å². The van der Waals surface area contributed by atoms with Crippen LogP contribution in [-0.2, 0) is 6.54 Å². The Balaban J connectivity index is 2.17. The van der Waals surface area contributed by atoms with Gasteiger partial charge in [0, 0.05) is 6.04 Å².